The summed E-state index contributed by atoms with van der Waals surface area (Å²) in [5.41, 5.74) is 8.05. The van der Waals surface area contributed by atoms with Gasteiger partial charge in [0, 0.05) is 62.3 Å². The van der Waals surface area contributed by atoms with Gasteiger partial charge in [0.15, 0.2) is 5.03 Å². The number of piperidine rings is 1. The van der Waals surface area contributed by atoms with E-state index in [4.69, 9.17) is 15.9 Å². The summed E-state index contributed by atoms with van der Waals surface area (Å²) in [6, 6.07) is 17.0. The molecule has 0 radical (unpaired) electrons. The minimum Gasteiger partial charge on any atom is -0.384 e. The Bertz CT molecular complexity index is 1450. The third-order valence-electron chi connectivity index (χ3n) is 7.55. The third-order valence-corrected chi connectivity index (χ3v) is 9.33. The highest BCUT2D eigenvalue weighted by molar-refractivity contribution is 7.89. The Morgan fingerprint density at radius 1 is 1.02 bits per heavy atom. The van der Waals surface area contributed by atoms with E-state index in [9.17, 15) is 13.2 Å². The third kappa shape index (κ3) is 6.89. The van der Waals surface area contributed by atoms with Crippen LogP contribution in [0.2, 0.25) is 0 Å². The van der Waals surface area contributed by atoms with Gasteiger partial charge in [-0.05, 0) is 36.5 Å². The van der Waals surface area contributed by atoms with Crippen molar-refractivity contribution >= 4 is 27.6 Å². The van der Waals surface area contributed by atoms with Crippen molar-refractivity contribution in [3.05, 3.63) is 84.3 Å². The topological polar surface area (TPSA) is 146 Å². The van der Waals surface area contributed by atoms with Crippen LogP contribution in [0.15, 0.2) is 78.2 Å². The zero-order valence-corrected chi connectivity index (χ0v) is 23.6. The Balaban J connectivity index is 1.26. The summed E-state index contributed by atoms with van der Waals surface area (Å²) in [6.07, 6.45) is 5.36. The lowest BCUT2D eigenvalue weighted by Gasteiger charge is -2.42. The number of urea groups is 1. The number of nitrogen functional groups attached to an aromatic ring is 1. The molecule has 0 saturated carbocycles. The maximum absolute atomic E-state index is 13.7. The number of amidine groups is 1. The number of hydrogen-bond acceptors (Lipinski definition) is 7. The number of anilines is 1. The Hall–Kier alpha value is -3.87. The smallest absolute Gasteiger partial charge is 0.324 e. The van der Waals surface area contributed by atoms with Crippen LogP contribution in [0, 0.1) is 17.2 Å². The first-order chi connectivity index (χ1) is 19.8. The number of carbonyl (C=O) groups excluding carboxylic acids is 1. The number of nitrogens with two attached hydrogens (primary N) is 1. The van der Waals surface area contributed by atoms with Crippen molar-refractivity contribution in [3.63, 3.8) is 0 Å². The van der Waals surface area contributed by atoms with Gasteiger partial charge >= 0.3 is 6.03 Å². The molecule has 0 aliphatic carbocycles. The molecule has 3 heterocycles. The van der Waals surface area contributed by atoms with Crippen molar-refractivity contribution in [3.8, 4) is 0 Å². The Morgan fingerprint density at radius 3 is 2.51 bits per heavy atom. The highest BCUT2D eigenvalue weighted by Crippen LogP contribution is 2.28. The number of rotatable bonds is 10. The van der Waals surface area contributed by atoms with Crippen molar-refractivity contribution in [2.45, 2.75) is 24.5 Å². The number of sulfonamides is 1. The number of nitrogens with one attached hydrogen (secondary N) is 1. The minimum absolute atomic E-state index is 0.0496. The molecule has 41 heavy (non-hydrogen) atoms. The maximum atomic E-state index is 13.7. The molecule has 0 bridgehead atoms. The van der Waals surface area contributed by atoms with E-state index in [1.165, 1.54) is 22.9 Å². The van der Waals surface area contributed by atoms with Crippen LogP contribution in [-0.2, 0) is 21.4 Å². The number of hydrogen-bond donors (Lipinski definition) is 2. The molecular formula is C29H35N7O4S. The lowest BCUT2D eigenvalue weighted by Crippen LogP contribution is -2.56. The van der Waals surface area contributed by atoms with Gasteiger partial charge in [0.1, 0.15) is 5.84 Å². The number of benzene rings is 2. The van der Waals surface area contributed by atoms with Gasteiger partial charge in [-0.3, -0.25) is 15.3 Å². The second-order valence-corrected chi connectivity index (χ2v) is 12.4. The van der Waals surface area contributed by atoms with Crippen LogP contribution in [0.25, 0.3) is 0 Å². The summed E-state index contributed by atoms with van der Waals surface area (Å²) < 4.78 is 33.5. The minimum atomic E-state index is -3.70. The van der Waals surface area contributed by atoms with Crippen LogP contribution >= 0.6 is 0 Å². The highest BCUT2D eigenvalue weighted by Gasteiger charge is 2.36. The van der Waals surface area contributed by atoms with E-state index in [0.29, 0.717) is 70.0 Å². The van der Waals surface area contributed by atoms with Crippen molar-refractivity contribution < 1.29 is 17.9 Å². The number of carbonyl (C=O) groups is 1. The van der Waals surface area contributed by atoms with Crippen LogP contribution in [0.5, 0.6) is 0 Å². The zero-order chi connectivity index (χ0) is 28.8. The van der Waals surface area contributed by atoms with Gasteiger partial charge < -0.3 is 15.4 Å². The summed E-state index contributed by atoms with van der Waals surface area (Å²) in [4.78, 5) is 25.2. The van der Waals surface area contributed by atoms with Crippen LogP contribution in [0.1, 0.15) is 24.0 Å². The van der Waals surface area contributed by atoms with Crippen molar-refractivity contribution in [2.24, 2.45) is 17.6 Å². The second-order valence-electron chi connectivity index (χ2n) is 10.5. The average molecular weight is 578 g/mol. The molecule has 5 rings (SSSR count). The predicted molar refractivity (Wildman–Crippen MR) is 155 cm³/mol. The number of nitrogens with zero attached hydrogens (tertiary/aromatic N) is 5. The number of aromatic nitrogens is 2. The largest absolute Gasteiger partial charge is 0.384 e. The van der Waals surface area contributed by atoms with Gasteiger partial charge in [-0.1, -0.05) is 42.5 Å². The first-order valence-electron chi connectivity index (χ1n) is 13.7. The van der Waals surface area contributed by atoms with E-state index in [1.54, 1.807) is 23.1 Å². The van der Waals surface area contributed by atoms with Gasteiger partial charge in [0.2, 0.25) is 0 Å². The highest BCUT2D eigenvalue weighted by atomic mass is 32.2. The molecule has 2 aromatic carbocycles. The molecular weight excluding hydrogens is 542 g/mol. The molecule has 1 aromatic heterocycles. The predicted octanol–water partition coefficient (Wildman–Crippen LogP) is 2.94. The van der Waals surface area contributed by atoms with Gasteiger partial charge in [-0.2, -0.15) is 4.31 Å². The summed E-state index contributed by atoms with van der Waals surface area (Å²) in [7, 11) is -3.70. The van der Waals surface area contributed by atoms with Crippen molar-refractivity contribution in [2.75, 3.05) is 44.2 Å². The fraction of sp³-hybridized carbons (Fsp3) is 0.379. The summed E-state index contributed by atoms with van der Waals surface area (Å²) in [5.74, 6) is 0.162. The van der Waals surface area contributed by atoms with Gasteiger partial charge in [0.05, 0.1) is 19.4 Å². The molecule has 2 saturated heterocycles. The summed E-state index contributed by atoms with van der Waals surface area (Å²) >= 11 is 0. The normalized spacial score (nSPS) is 18.9. The van der Waals surface area contributed by atoms with Crippen molar-refractivity contribution in [1.82, 2.24) is 19.2 Å². The molecule has 1 unspecified atom stereocenters. The molecule has 11 nitrogen and oxygen atoms in total. The van der Waals surface area contributed by atoms with E-state index in [2.05, 4.69) is 9.97 Å². The Labute approximate surface area is 240 Å². The quantitative estimate of drug-likeness (QED) is 0.278. The SMILES string of the molecule is N=C(N)c1cccc(N2CC(COCc3ccccc3)CN(CC3CCN(S(=O)(=O)c4cnccn4)CC3)C2=O)c1. The summed E-state index contributed by atoms with van der Waals surface area (Å²) in [5, 5.41) is 7.77. The Kier molecular flexibility index (Phi) is 8.91. The molecule has 12 heteroatoms. The molecule has 2 amide bonds. The van der Waals surface area contributed by atoms with E-state index < -0.39 is 10.0 Å². The summed E-state index contributed by atoms with van der Waals surface area (Å²) in [6.45, 7) is 3.25. The van der Waals surface area contributed by atoms with Crippen molar-refractivity contribution in [1.29, 1.82) is 5.41 Å². The fourth-order valence-corrected chi connectivity index (χ4v) is 6.73. The molecule has 0 spiro atoms. The van der Waals surface area contributed by atoms with Gasteiger partial charge in [-0.25, -0.2) is 18.2 Å². The van der Waals surface area contributed by atoms with Crippen LogP contribution < -0.4 is 10.6 Å². The number of ether oxygens (including phenoxy) is 1. The fourth-order valence-electron chi connectivity index (χ4n) is 5.38. The molecule has 2 fully saturated rings. The standard InChI is InChI=1S/C29H35N7O4S/c30-28(31)25-7-4-8-26(15-25)36-19-24(21-40-20-23-5-2-1-3-6-23)18-34(29(36)37)17-22-9-13-35(14-10-22)41(38,39)27-16-32-11-12-33-27/h1-8,11-12,15-16,22,24H,9-10,13-14,17-21H2,(H3,30,31). The second kappa shape index (κ2) is 12.8. The van der Waals surface area contributed by atoms with E-state index in [-0.39, 0.29) is 28.7 Å². The first kappa shape index (κ1) is 28.7. The van der Waals surface area contributed by atoms with E-state index in [0.717, 1.165) is 5.56 Å². The monoisotopic (exact) mass is 577 g/mol. The van der Waals surface area contributed by atoms with Crippen LogP contribution in [-0.4, -0.2) is 78.8 Å². The average Bonchev–Trinajstić information content (AvgIpc) is 3.00. The lowest BCUT2D eigenvalue weighted by atomic mass is 9.96. The first-order valence-corrected chi connectivity index (χ1v) is 15.1. The molecule has 3 N–H and O–H groups in total. The molecule has 1 atom stereocenters. The molecule has 3 aromatic rings. The van der Waals surface area contributed by atoms with E-state index >= 15 is 0 Å². The molecule has 216 valence electrons. The molecule has 2 aliphatic rings. The maximum Gasteiger partial charge on any atom is 0.324 e. The lowest BCUT2D eigenvalue weighted by molar-refractivity contribution is 0.0661. The van der Waals surface area contributed by atoms with Crippen LogP contribution in [0.3, 0.4) is 0 Å². The zero-order valence-electron chi connectivity index (χ0n) is 22.8. The van der Waals surface area contributed by atoms with Crippen LogP contribution in [0.4, 0.5) is 10.5 Å². The number of amides is 2. The van der Waals surface area contributed by atoms with Gasteiger partial charge in [0.25, 0.3) is 10.0 Å². The van der Waals surface area contributed by atoms with Gasteiger partial charge in [-0.15, -0.1) is 0 Å². The molecule has 2 aliphatic heterocycles. The Morgan fingerprint density at radius 2 is 1.80 bits per heavy atom. The van der Waals surface area contributed by atoms with E-state index in [1.807, 2.05) is 41.3 Å².